The number of carbonyl (C=O) groups is 1. The van der Waals surface area contributed by atoms with E-state index >= 15 is 0 Å². The quantitative estimate of drug-likeness (QED) is 0.836. The summed E-state index contributed by atoms with van der Waals surface area (Å²) in [6.07, 6.45) is 7.32. The van der Waals surface area contributed by atoms with Crippen LogP contribution < -0.4 is 11.1 Å². The van der Waals surface area contributed by atoms with Gasteiger partial charge in [0.15, 0.2) is 0 Å². The highest BCUT2D eigenvalue weighted by molar-refractivity contribution is 7.13. The second-order valence-corrected chi connectivity index (χ2v) is 8.00. The number of hydrogen-bond acceptors (Lipinski definition) is 4. The second kappa shape index (κ2) is 7.85. The summed E-state index contributed by atoms with van der Waals surface area (Å²) in [4.78, 5) is 17.1. The minimum absolute atomic E-state index is 0. The smallest absolute Gasteiger partial charge is 0.227 e. The average molecular weight is 378 g/mol. The van der Waals surface area contributed by atoms with E-state index in [4.69, 9.17) is 5.73 Å². The lowest BCUT2D eigenvalue weighted by molar-refractivity contribution is -0.122. The van der Waals surface area contributed by atoms with E-state index in [2.05, 4.69) is 10.3 Å². The number of rotatable bonds is 3. The Bertz CT molecular complexity index is 707. The third-order valence-electron chi connectivity index (χ3n) is 5.59. The molecule has 0 aliphatic heterocycles. The maximum atomic E-state index is 12.7. The molecule has 0 radical (unpaired) electrons. The van der Waals surface area contributed by atoms with E-state index in [1.165, 1.54) is 19.3 Å². The lowest BCUT2D eigenvalue weighted by Crippen LogP contribution is -2.48. The molecule has 134 valence electrons. The van der Waals surface area contributed by atoms with Crippen LogP contribution in [0.2, 0.25) is 0 Å². The third kappa shape index (κ3) is 3.89. The number of nitrogens with zero attached hydrogens (tertiary/aromatic N) is 1. The van der Waals surface area contributed by atoms with Crippen LogP contribution in [0.5, 0.6) is 0 Å². The van der Waals surface area contributed by atoms with Crippen molar-refractivity contribution in [2.24, 2.45) is 23.5 Å². The molecule has 25 heavy (non-hydrogen) atoms. The van der Waals surface area contributed by atoms with E-state index in [1.54, 1.807) is 17.5 Å². The number of amides is 1. The Labute approximate surface area is 158 Å². The highest BCUT2D eigenvalue weighted by atomic mass is 35.5. The van der Waals surface area contributed by atoms with Gasteiger partial charge in [-0.05, 0) is 49.7 Å². The van der Waals surface area contributed by atoms with Crippen LogP contribution >= 0.6 is 23.7 Å². The predicted octanol–water partition coefficient (Wildman–Crippen LogP) is 4.32. The van der Waals surface area contributed by atoms with Crippen LogP contribution in [-0.4, -0.2) is 16.9 Å². The standard InChI is InChI=1S/C19H23N3OS.ClH/c20-17-12-3-1-4-13(17)10-15(9-12)18(23)22-16-6-2-5-14(11-16)19-21-7-8-24-19;/h2,5-8,11-13,15,17H,1,3-4,9-10,20H2,(H,22,23);1H. The first-order valence-electron chi connectivity index (χ1n) is 8.77. The van der Waals surface area contributed by atoms with Crippen molar-refractivity contribution in [3.05, 3.63) is 35.8 Å². The van der Waals surface area contributed by atoms with Crippen molar-refractivity contribution in [3.63, 3.8) is 0 Å². The monoisotopic (exact) mass is 377 g/mol. The third-order valence-corrected chi connectivity index (χ3v) is 6.42. The Hall–Kier alpha value is -1.43. The molecular weight excluding hydrogens is 354 g/mol. The molecule has 1 aromatic heterocycles. The number of fused-ring (bicyclic) bond motifs is 2. The molecule has 2 bridgehead atoms. The number of nitrogens with two attached hydrogens (primary N) is 1. The number of benzene rings is 1. The molecule has 0 spiro atoms. The first-order chi connectivity index (χ1) is 11.7. The summed E-state index contributed by atoms with van der Waals surface area (Å²) < 4.78 is 0. The van der Waals surface area contributed by atoms with Crippen molar-refractivity contribution >= 4 is 35.3 Å². The fourth-order valence-electron chi connectivity index (χ4n) is 4.34. The van der Waals surface area contributed by atoms with Crippen LogP contribution in [-0.2, 0) is 4.79 Å². The van der Waals surface area contributed by atoms with Gasteiger partial charge in [0.2, 0.25) is 5.91 Å². The van der Waals surface area contributed by atoms with Crippen LogP contribution in [0.3, 0.4) is 0 Å². The Morgan fingerprint density at radius 1 is 1.24 bits per heavy atom. The van der Waals surface area contributed by atoms with E-state index in [0.29, 0.717) is 17.9 Å². The van der Waals surface area contributed by atoms with E-state index < -0.39 is 0 Å². The summed E-state index contributed by atoms with van der Waals surface area (Å²) >= 11 is 1.61. The zero-order valence-corrected chi connectivity index (χ0v) is 15.7. The van der Waals surface area contributed by atoms with Crippen molar-refractivity contribution in [2.45, 2.75) is 38.1 Å². The van der Waals surface area contributed by atoms with E-state index in [0.717, 1.165) is 29.1 Å². The van der Waals surface area contributed by atoms with Crippen molar-refractivity contribution < 1.29 is 4.79 Å². The van der Waals surface area contributed by atoms with Crippen LogP contribution in [0.1, 0.15) is 32.1 Å². The molecule has 1 aromatic carbocycles. The lowest BCUT2D eigenvalue weighted by atomic mass is 9.65. The van der Waals surface area contributed by atoms with Gasteiger partial charge in [0, 0.05) is 34.8 Å². The Kier molecular flexibility index (Phi) is 5.77. The zero-order chi connectivity index (χ0) is 16.5. The highest BCUT2D eigenvalue weighted by Gasteiger charge is 2.40. The number of anilines is 1. The number of aromatic nitrogens is 1. The van der Waals surface area contributed by atoms with E-state index in [9.17, 15) is 4.79 Å². The molecule has 2 unspecified atom stereocenters. The summed E-state index contributed by atoms with van der Waals surface area (Å²) in [5.74, 6) is 1.29. The Balaban J connectivity index is 0.00000182. The van der Waals surface area contributed by atoms with E-state index in [1.807, 2.05) is 29.6 Å². The van der Waals surface area contributed by atoms with Gasteiger partial charge >= 0.3 is 0 Å². The topological polar surface area (TPSA) is 68.0 Å². The molecule has 2 atom stereocenters. The zero-order valence-electron chi connectivity index (χ0n) is 14.1. The summed E-state index contributed by atoms with van der Waals surface area (Å²) in [6.45, 7) is 0. The van der Waals surface area contributed by atoms with Gasteiger partial charge < -0.3 is 11.1 Å². The van der Waals surface area contributed by atoms with Gasteiger partial charge in [-0.15, -0.1) is 23.7 Å². The number of halogens is 1. The van der Waals surface area contributed by atoms with Crippen molar-refractivity contribution in [3.8, 4) is 10.6 Å². The molecule has 2 aliphatic carbocycles. The fourth-order valence-corrected chi connectivity index (χ4v) is 4.98. The molecule has 0 saturated heterocycles. The molecule has 3 N–H and O–H groups in total. The summed E-state index contributed by atoms with van der Waals surface area (Å²) in [7, 11) is 0. The maximum absolute atomic E-state index is 12.7. The van der Waals surface area contributed by atoms with E-state index in [-0.39, 0.29) is 24.2 Å². The summed E-state index contributed by atoms with van der Waals surface area (Å²) in [6, 6.07) is 8.25. The molecule has 6 heteroatoms. The molecular formula is C19H24ClN3OS. The van der Waals surface area contributed by atoms with Crippen molar-refractivity contribution in [1.82, 2.24) is 4.98 Å². The van der Waals surface area contributed by atoms with Gasteiger partial charge in [-0.3, -0.25) is 4.79 Å². The molecule has 2 fully saturated rings. The lowest BCUT2D eigenvalue weighted by Gasteiger charge is -2.43. The fraction of sp³-hybridized carbons (Fsp3) is 0.474. The van der Waals surface area contributed by atoms with Gasteiger partial charge in [-0.25, -0.2) is 4.98 Å². The minimum atomic E-state index is 0. The average Bonchev–Trinajstić information content (AvgIpc) is 3.09. The second-order valence-electron chi connectivity index (χ2n) is 7.10. The molecule has 2 aliphatic rings. The minimum Gasteiger partial charge on any atom is -0.327 e. The molecule has 4 rings (SSSR count). The summed E-state index contributed by atoms with van der Waals surface area (Å²) in [5.41, 5.74) is 8.24. The molecule has 2 saturated carbocycles. The SMILES string of the molecule is Cl.NC1C2CCCC1CC(C(=O)Nc1cccc(-c3nccs3)c1)C2. The molecule has 4 nitrogen and oxygen atoms in total. The number of hydrogen-bond donors (Lipinski definition) is 2. The Morgan fingerprint density at radius 2 is 2.00 bits per heavy atom. The molecule has 1 amide bonds. The number of carbonyl (C=O) groups excluding carboxylic acids is 1. The largest absolute Gasteiger partial charge is 0.327 e. The van der Waals surface area contributed by atoms with Crippen LogP contribution in [0.25, 0.3) is 10.6 Å². The first kappa shape index (κ1) is 18.4. The predicted molar refractivity (Wildman–Crippen MR) is 105 cm³/mol. The first-order valence-corrected chi connectivity index (χ1v) is 9.65. The van der Waals surface area contributed by atoms with Gasteiger partial charge in [0.25, 0.3) is 0 Å². The number of thiazole rings is 1. The normalized spacial score (nSPS) is 28.0. The van der Waals surface area contributed by atoms with Gasteiger partial charge in [0.1, 0.15) is 5.01 Å². The maximum Gasteiger partial charge on any atom is 0.227 e. The Morgan fingerprint density at radius 3 is 2.68 bits per heavy atom. The van der Waals surface area contributed by atoms with Crippen molar-refractivity contribution in [2.75, 3.05) is 5.32 Å². The van der Waals surface area contributed by atoms with Crippen molar-refractivity contribution in [1.29, 1.82) is 0 Å². The molecule has 1 heterocycles. The number of nitrogens with one attached hydrogen (secondary N) is 1. The highest BCUT2D eigenvalue weighted by Crippen LogP contribution is 2.42. The molecule has 2 aromatic rings. The van der Waals surface area contributed by atoms with Gasteiger partial charge in [-0.2, -0.15) is 0 Å². The van der Waals surface area contributed by atoms with Crippen LogP contribution in [0.4, 0.5) is 5.69 Å². The van der Waals surface area contributed by atoms with Gasteiger partial charge in [0.05, 0.1) is 0 Å². The summed E-state index contributed by atoms with van der Waals surface area (Å²) in [5, 5.41) is 6.05. The van der Waals surface area contributed by atoms with Crippen LogP contribution in [0, 0.1) is 17.8 Å². The van der Waals surface area contributed by atoms with Crippen LogP contribution in [0.15, 0.2) is 35.8 Å². The van der Waals surface area contributed by atoms with Gasteiger partial charge in [-0.1, -0.05) is 18.6 Å².